The molecule has 170 valence electrons. The third-order valence-electron chi connectivity index (χ3n) is 4.94. The molecular weight excluding hydrogens is 356 g/mol. The molecule has 0 fully saturated rings. The zero-order chi connectivity index (χ0) is 21.6. The molecule has 0 heterocycles. The van der Waals surface area contributed by atoms with Crippen LogP contribution < -0.4 is 21.7 Å². The molecule has 4 heteroatoms. The van der Waals surface area contributed by atoms with Crippen molar-refractivity contribution in [3.8, 4) is 0 Å². The maximum absolute atomic E-state index is 5.47. The Bertz CT molecular complexity index is 448. The van der Waals surface area contributed by atoms with Crippen molar-refractivity contribution in [2.24, 2.45) is 5.73 Å². The number of hydrogen-bond donors (Lipinski definition) is 4. The monoisotopic (exact) mass is 406 g/mol. The number of allylic oxidation sites excluding steroid dienone is 5. The van der Waals surface area contributed by atoms with E-state index in [2.05, 4.69) is 61.9 Å². The van der Waals surface area contributed by atoms with E-state index in [1.54, 1.807) is 0 Å². The summed E-state index contributed by atoms with van der Waals surface area (Å²) >= 11 is 0. The molecule has 4 nitrogen and oxygen atoms in total. The van der Waals surface area contributed by atoms with Gasteiger partial charge in [0.25, 0.3) is 0 Å². The molecule has 0 bridgehead atoms. The topological polar surface area (TPSA) is 62.1 Å². The van der Waals surface area contributed by atoms with Gasteiger partial charge in [-0.3, -0.25) is 0 Å². The lowest BCUT2D eigenvalue weighted by Gasteiger charge is -2.06. The number of rotatable bonds is 20. The van der Waals surface area contributed by atoms with E-state index < -0.39 is 0 Å². The standard InChI is InChI=1S/C25H50N4/c1-23(2)11-7-12-24(3)13-8-14-25(4)15-22-29-21-10-20-28-18-6-5-17-27-19-9-16-26/h11,13,15,27-29H,5-10,12,14,16-22,26H2,1-4H3/b24-13-,25-15?. The summed E-state index contributed by atoms with van der Waals surface area (Å²) in [4.78, 5) is 0. The molecule has 0 amide bonds. The van der Waals surface area contributed by atoms with E-state index in [0.29, 0.717) is 0 Å². The molecule has 5 N–H and O–H groups in total. The first-order valence-corrected chi connectivity index (χ1v) is 11.8. The van der Waals surface area contributed by atoms with Crippen LogP contribution in [0.25, 0.3) is 0 Å². The van der Waals surface area contributed by atoms with Crippen LogP contribution in [-0.2, 0) is 0 Å². The minimum atomic E-state index is 0.784. The smallest absolute Gasteiger partial charge is 0.0137 e. The lowest BCUT2D eigenvalue weighted by molar-refractivity contribution is 0.561. The van der Waals surface area contributed by atoms with Gasteiger partial charge >= 0.3 is 0 Å². The van der Waals surface area contributed by atoms with Crippen LogP contribution in [-0.4, -0.2) is 45.8 Å². The third-order valence-corrected chi connectivity index (χ3v) is 4.94. The Kier molecular flexibility index (Phi) is 21.1. The van der Waals surface area contributed by atoms with Gasteiger partial charge in [-0.05, 0) is 118 Å². The molecule has 0 aliphatic heterocycles. The Morgan fingerprint density at radius 3 is 1.76 bits per heavy atom. The van der Waals surface area contributed by atoms with Gasteiger partial charge < -0.3 is 21.7 Å². The molecule has 0 rings (SSSR count). The summed E-state index contributed by atoms with van der Waals surface area (Å²) in [6.07, 6.45) is 16.5. The molecule has 0 unspecified atom stereocenters. The first-order chi connectivity index (χ1) is 14.1. The third kappa shape index (κ3) is 23.2. The van der Waals surface area contributed by atoms with Crippen LogP contribution in [0.4, 0.5) is 0 Å². The van der Waals surface area contributed by atoms with Crippen molar-refractivity contribution in [2.45, 2.75) is 79.1 Å². The molecule has 0 saturated carbocycles. The maximum atomic E-state index is 5.47. The average molecular weight is 407 g/mol. The summed E-state index contributed by atoms with van der Waals surface area (Å²) in [6, 6.07) is 0. The number of nitrogens with two attached hydrogens (primary N) is 1. The highest BCUT2D eigenvalue weighted by atomic mass is 14.9. The Labute approximate surface area is 181 Å². The highest BCUT2D eigenvalue weighted by molar-refractivity contribution is 5.05. The minimum absolute atomic E-state index is 0.784. The van der Waals surface area contributed by atoms with E-state index in [4.69, 9.17) is 5.73 Å². The van der Waals surface area contributed by atoms with Gasteiger partial charge in [-0.25, -0.2) is 0 Å². The Morgan fingerprint density at radius 2 is 1.14 bits per heavy atom. The lowest BCUT2D eigenvalue weighted by atomic mass is 10.1. The van der Waals surface area contributed by atoms with Gasteiger partial charge in [-0.1, -0.05) is 34.9 Å². The van der Waals surface area contributed by atoms with E-state index >= 15 is 0 Å². The van der Waals surface area contributed by atoms with Crippen LogP contribution in [0.3, 0.4) is 0 Å². The molecule has 0 spiro atoms. The SMILES string of the molecule is CC(C)=CCC/C(C)=C\CCC(C)=CCNCCCNCCCCNCCCN. The van der Waals surface area contributed by atoms with Gasteiger partial charge in [-0.15, -0.1) is 0 Å². The van der Waals surface area contributed by atoms with Crippen LogP contribution >= 0.6 is 0 Å². The highest BCUT2D eigenvalue weighted by Crippen LogP contribution is 2.11. The molecule has 0 aromatic heterocycles. The van der Waals surface area contributed by atoms with Crippen molar-refractivity contribution < 1.29 is 0 Å². The van der Waals surface area contributed by atoms with Crippen molar-refractivity contribution in [3.63, 3.8) is 0 Å². The second-order valence-electron chi connectivity index (χ2n) is 8.37. The van der Waals surface area contributed by atoms with Gasteiger partial charge in [0.15, 0.2) is 0 Å². The van der Waals surface area contributed by atoms with Crippen molar-refractivity contribution in [1.29, 1.82) is 0 Å². The molecule has 0 aromatic carbocycles. The van der Waals surface area contributed by atoms with Crippen LogP contribution in [0.15, 0.2) is 34.9 Å². The maximum Gasteiger partial charge on any atom is 0.0137 e. The molecule has 0 radical (unpaired) electrons. The zero-order valence-corrected chi connectivity index (χ0v) is 19.9. The van der Waals surface area contributed by atoms with E-state index in [-0.39, 0.29) is 0 Å². The summed E-state index contributed by atoms with van der Waals surface area (Å²) < 4.78 is 0. The first-order valence-electron chi connectivity index (χ1n) is 11.8. The summed E-state index contributed by atoms with van der Waals surface area (Å²) in [5.41, 5.74) is 9.90. The number of nitrogens with one attached hydrogen (secondary N) is 3. The predicted octanol–water partition coefficient (Wildman–Crippen LogP) is 4.69. The van der Waals surface area contributed by atoms with Gasteiger partial charge in [0.05, 0.1) is 0 Å². The van der Waals surface area contributed by atoms with Gasteiger partial charge in [-0.2, -0.15) is 0 Å². The summed E-state index contributed by atoms with van der Waals surface area (Å²) in [5.74, 6) is 0. The molecule has 29 heavy (non-hydrogen) atoms. The second kappa shape index (κ2) is 21.8. The Balaban J connectivity index is 3.46. The number of unbranched alkanes of at least 4 members (excludes halogenated alkanes) is 1. The Hall–Kier alpha value is -0.940. The molecular formula is C25H50N4. The molecule has 0 aliphatic rings. The van der Waals surface area contributed by atoms with Crippen molar-refractivity contribution in [1.82, 2.24) is 16.0 Å². The normalized spacial score (nSPS) is 12.4. The largest absolute Gasteiger partial charge is 0.330 e. The van der Waals surface area contributed by atoms with Gasteiger partial charge in [0, 0.05) is 6.54 Å². The lowest BCUT2D eigenvalue weighted by Crippen LogP contribution is -2.24. The highest BCUT2D eigenvalue weighted by Gasteiger charge is 1.93. The second-order valence-corrected chi connectivity index (χ2v) is 8.37. The van der Waals surface area contributed by atoms with E-state index in [1.807, 2.05) is 0 Å². The van der Waals surface area contributed by atoms with Crippen LogP contribution in [0.2, 0.25) is 0 Å². The van der Waals surface area contributed by atoms with Crippen molar-refractivity contribution in [2.75, 3.05) is 45.8 Å². The minimum Gasteiger partial charge on any atom is -0.330 e. The van der Waals surface area contributed by atoms with E-state index in [9.17, 15) is 0 Å². The van der Waals surface area contributed by atoms with Crippen LogP contribution in [0, 0.1) is 0 Å². The van der Waals surface area contributed by atoms with Gasteiger partial charge in [0.1, 0.15) is 0 Å². The molecule has 0 aromatic rings. The van der Waals surface area contributed by atoms with Crippen molar-refractivity contribution >= 4 is 0 Å². The zero-order valence-electron chi connectivity index (χ0n) is 19.9. The average Bonchev–Trinajstić information content (AvgIpc) is 2.68. The summed E-state index contributed by atoms with van der Waals surface area (Å²) in [6.45, 7) is 16.1. The molecule has 0 atom stereocenters. The van der Waals surface area contributed by atoms with Gasteiger partial charge in [0.2, 0.25) is 0 Å². The molecule has 0 saturated heterocycles. The van der Waals surface area contributed by atoms with E-state index in [0.717, 1.165) is 58.7 Å². The fourth-order valence-electron chi connectivity index (χ4n) is 3.00. The van der Waals surface area contributed by atoms with Crippen LogP contribution in [0.5, 0.6) is 0 Å². The summed E-state index contributed by atoms with van der Waals surface area (Å²) in [5, 5.41) is 10.5. The van der Waals surface area contributed by atoms with Crippen LogP contribution in [0.1, 0.15) is 79.1 Å². The fourth-order valence-corrected chi connectivity index (χ4v) is 3.00. The first kappa shape index (κ1) is 28.1. The van der Waals surface area contributed by atoms with Crippen molar-refractivity contribution in [3.05, 3.63) is 34.9 Å². The quantitative estimate of drug-likeness (QED) is 0.175. The van der Waals surface area contributed by atoms with E-state index in [1.165, 1.54) is 55.2 Å². The summed E-state index contributed by atoms with van der Waals surface area (Å²) in [7, 11) is 0. The number of hydrogen-bond acceptors (Lipinski definition) is 4. The molecule has 0 aliphatic carbocycles. The fraction of sp³-hybridized carbons (Fsp3) is 0.760. The predicted molar refractivity (Wildman–Crippen MR) is 132 cm³/mol. The Morgan fingerprint density at radius 1 is 0.621 bits per heavy atom.